The molecule has 1 aromatic rings. The second-order valence-corrected chi connectivity index (χ2v) is 6.44. The first-order valence-corrected chi connectivity index (χ1v) is 8.16. The summed E-state index contributed by atoms with van der Waals surface area (Å²) in [5.74, 6) is 1.18. The molecule has 2 heterocycles. The Labute approximate surface area is 127 Å². The Morgan fingerprint density at radius 2 is 1.95 bits per heavy atom. The quantitative estimate of drug-likeness (QED) is 0.835. The Hall–Kier alpha value is -1.35. The highest BCUT2D eigenvalue weighted by atomic mass is 16.5. The van der Waals surface area contributed by atoms with Gasteiger partial charge in [0.25, 0.3) is 0 Å². The van der Waals surface area contributed by atoms with Crippen molar-refractivity contribution in [3.63, 3.8) is 0 Å². The van der Waals surface area contributed by atoms with Gasteiger partial charge in [-0.25, -0.2) is 0 Å². The Balaban J connectivity index is 1.81. The number of benzene rings is 1. The Morgan fingerprint density at radius 3 is 2.71 bits per heavy atom. The van der Waals surface area contributed by atoms with Crippen LogP contribution in [0.15, 0.2) is 12.1 Å². The van der Waals surface area contributed by atoms with Crippen LogP contribution in [0.2, 0.25) is 0 Å². The summed E-state index contributed by atoms with van der Waals surface area (Å²) in [4.78, 5) is 15.3. The second-order valence-electron chi connectivity index (χ2n) is 6.44. The number of rotatable bonds is 2. The van der Waals surface area contributed by atoms with Crippen molar-refractivity contribution in [1.82, 2.24) is 4.90 Å². The third-order valence-corrected chi connectivity index (χ3v) is 4.95. The van der Waals surface area contributed by atoms with Crippen LogP contribution < -0.4 is 4.74 Å². The summed E-state index contributed by atoms with van der Waals surface area (Å²) in [6, 6.07) is 3.99. The number of aryl methyl sites for hydroxylation is 1. The van der Waals surface area contributed by atoms with Crippen LogP contribution in [0.5, 0.6) is 5.75 Å². The van der Waals surface area contributed by atoms with Crippen LogP contribution in [0.1, 0.15) is 47.2 Å². The van der Waals surface area contributed by atoms with Crippen molar-refractivity contribution in [1.29, 1.82) is 0 Å². The number of fused-ring (bicyclic) bond motifs is 1. The maximum absolute atomic E-state index is 12.9. The summed E-state index contributed by atoms with van der Waals surface area (Å²) in [7, 11) is 0. The first kappa shape index (κ1) is 14.6. The Morgan fingerprint density at radius 1 is 1.19 bits per heavy atom. The summed E-state index contributed by atoms with van der Waals surface area (Å²) in [5, 5.41) is 0. The summed E-state index contributed by atoms with van der Waals surface area (Å²) in [6.45, 7) is 7.96. The number of carbonyl (C=O) groups is 1. The molecule has 2 aliphatic heterocycles. The van der Waals surface area contributed by atoms with Gasteiger partial charge >= 0.3 is 0 Å². The number of hydrogen-bond acceptors (Lipinski definition) is 3. The lowest BCUT2D eigenvalue weighted by Crippen LogP contribution is -2.36. The van der Waals surface area contributed by atoms with Crippen molar-refractivity contribution in [2.45, 2.75) is 39.5 Å². The van der Waals surface area contributed by atoms with Gasteiger partial charge in [0.15, 0.2) is 5.78 Å². The molecule has 0 aliphatic carbocycles. The molecule has 3 rings (SSSR count). The minimum absolute atomic E-state index is 0.0893. The molecule has 114 valence electrons. The summed E-state index contributed by atoms with van der Waals surface area (Å²) in [5.41, 5.74) is 3.09. The fraction of sp³-hybridized carbons (Fsp3) is 0.611. The predicted molar refractivity (Wildman–Crippen MR) is 84.1 cm³/mol. The molecule has 0 saturated carbocycles. The molecule has 3 heteroatoms. The molecule has 1 saturated heterocycles. The van der Waals surface area contributed by atoms with Gasteiger partial charge in [0, 0.05) is 12.5 Å². The zero-order valence-corrected chi connectivity index (χ0v) is 13.2. The monoisotopic (exact) mass is 287 g/mol. The molecule has 0 amide bonds. The molecule has 0 aromatic heterocycles. The first-order chi connectivity index (χ1) is 10.2. The number of likely N-dealkylation sites (tertiary alicyclic amines) is 1. The van der Waals surface area contributed by atoms with E-state index in [-0.39, 0.29) is 11.7 Å². The van der Waals surface area contributed by atoms with Gasteiger partial charge in [-0.05, 0) is 63.4 Å². The van der Waals surface area contributed by atoms with Crippen molar-refractivity contribution < 1.29 is 9.53 Å². The van der Waals surface area contributed by atoms with Gasteiger partial charge in [0.2, 0.25) is 0 Å². The van der Waals surface area contributed by atoms with E-state index in [9.17, 15) is 4.79 Å². The summed E-state index contributed by atoms with van der Waals surface area (Å²) >= 11 is 0. The molecular weight excluding hydrogens is 262 g/mol. The molecule has 0 N–H and O–H groups in total. The third kappa shape index (κ3) is 2.98. The molecule has 0 bridgehead atoms. The Bertz CT molecular complexity index is 532. The number of Topliss-reactive ketones (excluding diaryl/α,β-unsaturated/α-hetero) is 1. The van der Waals surface area contributed by atoms with E-state index < -0.39 is 0 Å². The van der Waals surface area contributed by atoms with Gasteiger partial charge < -0.3 is 9.64 Å². The summed E-state index contributed by atoms with van der Waals surface area (Å²) in [6.07, 6.45) is 4.71. The van der Waals surface area contributed by atoms with Crippen LogP contribution in [0.25, 0.3) is 0 Å². The number of ketones is 1. The van der Waals surface area contributed by atoms with Crippen LogP contribution in [0.4, 0.5) is 0 Å². The van der Waals surface area contributed by atoms with Crippen molar-refractivity contribution in [3.8, 4) is 5.75 Å². The molecule has 3 nitrogen and oxygen atoms in total. The minimum atomic E-state index is 0.0893. The number of carbonyl (C=O) groups excluding carboxylic acids is 1. The van der Waals surface area contributed by atoms with Gasteiger partial charge in [-0.2, -0.15) is 0 Å². The van der Waals surface area contributed by atoms with Crippen molar-refractivity contribution in [3.05, 3.63) is 28.8 Å². The fourth-order valence-electron chi connectivity index (χ4n) is 3.45. The molecule has 21 heavy (non-hydrogen) atoms. The average molecular weight is 287 g/mol. The molecule has 1 aromatic carbocycles. The maximum Gasteiger partial charge on any atom is 0.171 e. The van der Waals surface area contributed by atoms with Gasteiger partial charge in [-0.3, -0.25) is 4.79 Å². The first-order valence-electron chi connectivity index (χ1n) is 8.16. The lowest BCUT2D eigenvalue weighted by molar-refractivity contribution is 0.0859. The average Bonchev–Trinajstić information content (AvgIpc) is 2.65. The largest absolute Gasteiger partial charge is 0.493 e. The zero-order valence-electron chi connectivity index (χ0n) is 13.2. The van der Waals surface area contributed by atoms with Crippen LogP contribution in [-0.2, 0) is 0 Å². The molecular formula is C18H25NO2. The summed E-state index contributed by atoms with van der Waals surface area (Å²) < 4.78 is 5.91. The van der Waals surface area contributed by atoms with Gasteiger partial charge in [0.1, 0.15) is 5.75 Å². The smallest absolute Gasteiger partial charge is 0.171 e. The minimum Gasteiger partial charge on any atom is -0.493 e. The molecule has 1 atom stereocenters. The normalized spacial score (nSPS) is 23.3. The lowest BCUT2D eigenvalue weighted by atomic mass is 9.92. The number of ether oxygens (including phenoxy) is 1. The molecule has 1 unspecified atom stereocenters. The van der Waals surface area contributed by atoms with E-state index in [1.807, 2.05) is 19.1 Å². The van der Waals surface area contributed by atoms with Crippen molar-refractivity contribution in [2.24, 2.45) is 5.92 Å². The lowest BCUT2D eigenvalue weighted by Gasteiger charge is -2.29. The topological polar surface area (TPSA) is 29.5 Å². The number of piperidine rings is 1. The van der Waals surface area contributed by atoms with E-state index in [0.717, 1.165) is 42.9 Å². The van der Waals surface area contributed by atoms with Crippen LogP contribution in [0, 0.1) is 19.8 Å². The molecule has 0 radical (unpaired) electrons. The molecule has 0 spiro atoms. The van der Waals surface area contributed by atoms with Gasteiger partial charge in [-0.15, -0.1) is 0 Å². The van der Waals surface area contributed by atoms with E-state index in [1.54, 1.807) is 0 Å². The zero-order chi connectivity index (χ0) is 14.8. The van der Waals surface area contributed by atoms with Crippen molar-refractivity contribution in [2.75, 3.05) is 26.2 Å². The number of hydrogen-bond donors (Lipinski definition) is 0. The SMILES string of the molecule is Cc1ccc2c(c1C)OCCC(CN1CCCCC1)C2=O. The van der Waals surface area contributed by atoms with E-state index in [1.165, 1.54) is 24.8 Å². The molecule has 1 fully saturated rings. The second kappa shape index (κ2) is 6.18. The highest BCUT2D eigenvalue weighted by Gasteiger charge is 2.29. The third-order valence-electron chi connectivity index (χ3n) is 4.95. The van der Waals surface area contributed by atoms with Crippen LogP contribution in [-0.4, -0.2) is 36.9 Å². The van der Waals surface area contributed by atoms with E-state index >= 15 is 0 Å². The molecule has 2 aliphatic rings. The standard InChI is InChI=1S/C18H25NO2/c1-13-6-7-16-17(20)15(8-11-21-18(16)14(13)2)12-19-9-4-3-5-10-19/h6-7,15H,3-5,8-12H2,1-2H3. The predicted octanol–water partition coefficient (Wildman–Crippen LogP) is 3.37. The Kier molecular flexibility index (Phi) is 4.29. The van der Waals surface area contributed by atoms with Gasteiger partial charge in [-0.1, -0.05) is 12.5 Å². The number of nitrogens with zero attached hydrogens (tertiary/aromatic N) is 1. The highest BCUT2D eigenvalue weighted by Crippen LogP contribution is 2.32. The van der Waals surface area contributed by atoms with Crippen LogP contribution in [0.3, 0.4) is 0 Å². The van der Waals surface area contributed by atoms with Crippen molar-refractivity contribution >= 4 is 5.78 Å². The maximum atomic E-state index is 12.9. The fourth-order valence-corrected chi connectivity index (χ4v) is 3.45. The van der Waals surface area contributed by atoms with Crippen LogP contribution >= 0.6 is 0 Å². The van der Waals surface area contributed by atoms with Gasteiger partial charge in [0.05, 0.1) is 12.2 Å². The van der Waals surface area contributed by atoms with E-state index in [0.29, 0.717) is 6.61 Å². The van der Waals surface area contributed by atoms with E-state index in [2.05, 4.69) is 11.8 Å². The highest BCUT2D eigenvalue weighted by molar-refractivity contribution is 6.01. The van der Waals surface area contributed by atoms with E-state index in [4.69, 9.17) is 4.74 Å².